The highest BCUT2D eigenvalue weighted by Crippen LogP contribution is 2.23. The zero-order chi connectivity index (χ0) is 19.1. The first kappa shape index (κ1) is 19.7. The third-order valence-electron chi connectivity index (χ3n) is 4.82. The summed E-state index contributed by atoms with van der Waals surface area (Å²) in [6, 6.07) is 15.4. The number of quaternary nitrogens is 1. The van der Waals surface area contributed by atoms with Crippen LogP contribution < -0.4 is 15.0 Å². The number of nitrogens with one attached hydrogen (secondary N) is 2. The Morgan fingerprint density at radius 3 is 2.67 bits per heavy atom. The van der Waals surface area contributed by atoms with Crippen molar-refractivity contribution in [3.8, 4) is 5.75 Å². The predicted octanol–water partition coefficient (Wildman–Crippen LogP) is 1.66. The fourth-order valence-corrected chi connectivity index (χ4v) is 3.59. The molecular weight excluding hydrogens is 364 g/mol. The SMILES string of the molecule is COc1ccc(Cl)cc1CC(=O)N[C@H](C[NH+]1CCOCC1)c1ccccc1. The molecule has 1 heterocycles. The van der Waals surface area contributed by atoms with Crippen molar-refractivity contribution in [3.05, 3.63) is 64.7 Å². The lowest BCUT2D eigenvalue weighted by Gasteiger charge is -2.28. The summed E-state index contributed by atoms with van der Waals surface area (Å²) in [4.78, 5) is 14.2. The highest BCUT2D eigenvalue weighted by Gasteiger charge is 2.23. The van der Waals surface area contributed by atoms with E-state index in [1.807, 2.05) is 18.2 Å². The van der Waals surface area contributed by atoms with Gasteiger partial charge in [-0.25, -0.2) is 0 Å². The van der Waals surface area contributed by atoms with Gasteiger partial charge in [0.2, 0.25) is 5.91 Å². The van der Waals surface area contributed by atoms with E-state index in [0.29, 0.717) is 10.8 Å². The Morgan fingerprint density at radius 1 is 1.22 bits per heavy atom. The maximum atomic E-state index is 12.8. The number of amides is 1. The molecule has 0 unspecified atom stereocenters. The third-order valence-corrected chi connectivity index (χ3v) is 5.06. The van der Waals surface area contributed by atoms with E-state index in [1.165, 1.54) is 4.90 Å². The minimum Gasteiger partial charge on any atom is -0.496 e. The molecule has 1 fully saturated rings. The lowest BCUT2D eigenvalue weighted by Crippen LogP contribution is -3.14. The van der Waals surface area contributed by atoms with Crippen molar-refractivity contribution in [2.24, 2.45) is 0 Å². The van der Waals surface area contributed by atoms with E-state index in [-0.39, 0.29) is 18.4 Å². The molecule has 1 aliphatic rings. The van der Waals surface area contributed by atoms with E-state index < -0.39 is 0 Å². The molecule has 2 aromatic rings. The number of methoxy groups -OCH3 is 1. The van der Waals surface area contributed by atoms with Crippen molar-refractivity contribution >= 4 is 17.5 Å². The van der Waals surface area contributed by atoms with Crippen LogP contribution in [0.3, 0.4) is 0 Å². The number of halogens is 1. The van der Waals surface area contributed by atoms with Crippen LogP contribution in [0.15, 0.2) is 48.5 Å². The second-order valence-electron chi connectivity index (χ2n) is 6.73. The molecule has 0 spiro atoms. The Bertz CT molecular complexity index is 748. The molecule has 1 saturated heterocycles. The average molecular weight is 390 g/mol. The molecule has 1 amide bonds. The highest BCUT2D eigenvalue weighted by atomic mass is 35.5. The van der Waals surface area contributed by atoms with E-state index in [9.17, 15) is 4.79 Å². The van der Waals surface area contributed by atoms with Gasteiger partial charge in [-0.15, -0.1) is 0 Å². The van der Waals surface area contributed by atoms with Crippen molar-refractivity contribution in [1.29, 1.82) is 0 Å². The molecule has 3 rings (SSSR count). The zero-order valence-electron chi connectivity index (χ0n) is 15.5. The van der Waals surface area contributed by atoms with Crippen molar-refractivity contribution in [1.82, 2.24) is 5.32 Å². The number of benzene rings is 2. The van der Waals surface area contributed by atoms with E-state index in [0.717, 1.165) is 44.0 Å². The molecule has 0 aromatic heterocycles. The van der Waals surface area contributed by atoms with Crippen LogP contribution in [0, 0.1) is 0 Å². The summed E-state index contributed by atoms with van der Waals surface area (Å²) in [5, 5.41) is 3.79. The van der Waals surface area contributed by atoms with Gasteiger partial charge in [0.25, 0.3) is 0 Å². The largest absolute Gasteiger partial charge is 0.496 e. The molecular formula is C21H26ClN2O3+. The predicted molar refractivity (Wildman–Crippen MR) is 105 cm³/mol. The average Bonchev–Trinajstić information content (AvgIpc) is 2.69. The van der Waals surface area contributed by atoms with Gasteiger partial charge in [-0.05, 0) is 23.8 Å². The second-order valence-corrected chi connectivity index (χ2v) is 7.17. The lowest BCUT2D eigenvalue weighted by atomic mass is 10.0. The third kappa shape index (κ3) is 5.70. The summed E-state index contributed by atoms with van der Waals surface area (Å²) in [6.07, 6.45) is 0.228. The van der Waals surface area contributed by atoms with Gasteiger partial charge in [-0.2, -0.15) is 0 Å². The number of rotatable bonds is 7. The number of carbonyl (C=O) groups excluding carboxylic acids is 1. The molecule has 5 nitrogen and oxygen atoms in total. The standard InChI is InChI=1S/C21H25ClN2O3/c1-26-20-8-7-18(22)13-17(20)14-21(25)23-19(16-5-3-2-4-6-16)15-24-9-11-27-12-10-24/h2-8,13,19H,9-12,14-15H2,1H3,(H,23,25)/p+1/t19-/m1/s1. The van der Waals surface area contributed by atoms with Crippen molar-refractivity contribution in [3.63, 3.8) is 0 Å². The van der Waals surface area contributed by atoms with Gasteiger partial charge in [-0.1, -0.05) is 41.9 Å². The smallest absolute Gasteiger partial charge is 0.225 e. The Balaban J connectivity index is 1.71. The maximum Gasteiger partial charge on any atom is 0.225 e. The molecule has 144 valence electrons. The quantitative estimate of drug-likeness (QED) is 0.757. The fraction of sp³-hybridized carbons (Fsp3) is 0.381. The van der Waals surface area contributed by atoms with Gasteiger partial charge >= 0.3 is 0 Å². The molecule has 2 aromatic carbocycles. The Morgan fingerprint density at radius 2 is 1.96 bits per heavy atom. The molecule has 6 heteroatoms. The first-order chi connectivity index (χ1) is 13.2. The van der Waals surface area contributed by atoms with Gasteiger partial charge in [0, 0.05) is 10.6 Å². The second kappa shape index (κ2) is 9.74. The number of carbonyl (C=O) groups is 1. The summed E-state index contributed by atoms with van der Waals surface area (Å²) in [5.41, 5.74) is 1.90. The van der Waals surface area contributed by atoms with Crippen LogP contribution in [-0.4, -0.2) is 45.9 Å². The van der Waals surface area contributed by atoms with Gasteiger partial charge in [0.05, 0.1) is 26.7 Å². The van der Waals surface area contributed by atoms with Crippen molar-refractivity contribution in [2.75, 3.05) is 40.0 Å². The van der Waals surface area contributed by atoms with Crippen LogP contribution >= 0.6 is 11.6 Å². The number of hydrogen-bond donors (Lipinski definition) is 2. The number of hydrogen-bond acceptors (Lipinski definition) is 3. The number of ether oxygens (including phenoxy) is 2. The normalized spacial score (nSPS) is 15.9. The summed E-state index contributed by atoms with van der Waals surface area (Å²) >= 11 is 6.09. The minimum absolute atomic E-state index is 0.0444. The molecule has 1 atom stereocenters. The number of morpholine rings is 1. The van der Waals surface area contributed by atoms with Gasteiger partial charge in [-0.3, -0.25) is 4.79 Å². The Hall–Kier alpha value is -2.08. The van der Waals surface area contributed by atoms with Crippen LogP contribution in [0.2, 0.25) is 5.02 Å². The highest BCUT2D eigenvalue weighted by molar-refractivity contribution is 6.30. The first-order valence-electron chi connectivity index (χ1n) is 9.23. The maximum absolute atomic E-state index is 12.8. The van der Waals surface area contributed by atoms with E-state index in [1.54, 1.807) is 25.3 Å². The van der Waals surface area contributed by atoms with E-state index in [2.05, 4.69) is 17.4 Å². The van der Waals surface area contributed by atoms with Crippen LogP contribution in [0.5, 0.6) is 5.75 Å². The summed E-state index contributed by atoms with van der Waals surface area (Å²) in [6.45, 7) is 4.30. The van der Waals surface area contributed by atoms with Gasteiger partial charge in [0.1, 0.15) is 31.4 Å². The first-order valence-corrected chi connectivity index (χ1v) is 9.61. The van der Waals surface area contributed by atoms with Crippen molar-refractivity contribution < 1.29 is 19.2 Å². The monoisotopic (exact) mass is 389 g/mol. The van der Waals surface area contributed by atoms with Crippen LogP contribution in [0.25, 0.3) is 0 Å². The summed E-state index contributed by atoms with van der Waals surface area (Å²) < 4.78 is 10.8. The van der Waals surface area contributed by atoms with E-state index >= 15 is 0 Å². The van der Waals surface area contributed by atoms with Gasteiger partial charge < -0.3 is 19.7 Å². The van der Waals surface area contributed by atoms with Crippen LogP contribution in [0.1, 0.15) is 17.2 Å². The summed E-state index contributed by atoms with van der Waals surface area (Å²) in [5.74, 6) is 0.627. The minimum atomic E-state index is -0.0445. The Labute approximate surface area is 165 Å². The molecule has 0 aliphatic carbocycles. The molecule has 0 radical (unpaired) electrons. The zero-order valence-corrected chi connectivity index (χ0v) is 16.3. The van der Waals surface area contributed by atoms with Crippen molar-refractivity contribution in [2.45, 2.75) is 12.5 Å². The van der Waals surface area contributed by atoms with Crippen LogP contribution in [-0.2, 0) is 16.0 Å². The van der Waals surface area contributed by atoms with Crippen LogP contribution in [0.4, 0.5) is 0 Å². The molecule has 27 heavy (non-hydrogen) atoms. The fourth-order valence-electron chi connectivity index (χ4n) is 3.39. The molecule has 1 aliphatic heterocycles. The lowest BCUT2D eigenvalue weighted by molar-refractivity contribution is -0.909. The van der Waals surface area contributed by atoms with E-state index in [4.69, 9.17) is 21.1 Å². The summed E-state index contributed by atoms with van der Waals surface area (Å²) in [7, 11) is 1.60. The Kier molecular flexibility index (Phi) is 7.10. The molecule has 0 bridgehead atoms. The van der Waals surface area contributed by atoms with Gasteiger partial charge in [0.15, 0.2) is 0 Å². The topological polar surface area (TPSA) is 52.0 Å². The molecule has 2 N–H and O–H groups in total. The molecule has 0 saturated carbocycles.